The van der Waals surface area contributed by atoms with E-state index in [1.165, 1.54) is 6.07 Å². The molecule has 2 atom stereocenters. The van der Waals surface area contributed by atoms with Crippen LogP contribution >= 0.6 is 0 Å². The van der Waals surface area contributed by atoms with E-state index in [4.69, 9.17) is 0 Å². The first-order valence-electron chi connectivity index (χ1n) is 9.67. The Morgan fingerprint density at radius 2 is 1.39 bits per heavy atom. The second-order valence-corrected chi connectivity index (χ2v) is 9.21. The van der Waals surface area contributed by atoms with Gasteiger partial charge in [-0.3, -0.25) is 9.59 Å². The van der Waals surface area contributed by atoms with E-state index in [-0.39, 0.29) is 17.0 Å². The molecule has 2 amide bonds. The first kappa shape index (κ1) is 24.1. The lowest BCUT2D eigenvalue weighted by Gasteiger charge is -2.23. The van der Waals surface area contributed by atoms with Gasteiger partial charge in [0.15, 0.2) is 0 Å². The molecule has 28 heavy (non-hydrogen) atoms. The lowest BCUT2D eigenvalue weighted by molar-refractivity contribution is -0.124. The number of hydrogen-bond acceptors (Lipinski definition) is 4. The fourth-order valence-electron chi connectivity index (χ4n) is 2.41. The maximum atomic E-state index is 13.1. The van der Waals surface area contributed by atoms with E-state index in [1.807, 2.05) is 41.5 Å². The minimum atomic E-state index is -4.00. The van der Waals surface area contributed by atoms with Crippen LogP contribution in [0.25, 0.3) is 0 Å². The summed E-state index contributed by atoms with van der Waals surface area (Å²) in [6.45, 7) is 10.4. The van der Waals surface area contributed by atoms with Gasteiger partial charge in [-0.25, -0.2) is 8.42 Å². The summed E-state index contributed by atoms with van der Waals surface area (Å²) in [6.07, 6.45) is 1.45. The van der Waals surface area contributed by atoms with E-state index < -0.39 is 34.9 Å². The third-order valence-electron chi connectivity index (χ3n) is 4.80. The lowest BCUT2D eigenvalue weighted by atomic mass is 10.1. The standard InChI is InChI=1S/C20H33N3O4S/c1-7-16(5)21-19(24)12-23(13-20(25)22-17(6)8-2)28(26,27)18-10-9-14(3)15(4)11-18/h9-11,16-17H,7-8,12-13H2,1-6H3,(H,21,24)(H,22,25)/t16-,17+. The zero-order chi connectivity index (χ0) is 21.5. The number of nitrogens with zero attached hydrogens (tertiary/aromatic N) is 1. The van der Waals surface area contributed by atoms with Gasteiger partial charge in [0.05, 0.1) is 18.0 Å². The van der Waals surface area contributed by atoms with Crippen LogP contribution in [0.4, 0.5) is 0 Å². The molecule has 1 rings (SSSR count). The highest BCUT2D eigenvalue weighted by molar-refractivity contribution is 7.89. The Morgan fingerprint density at radius 1 is 0.929 bits per heavy atom. The number of carbonyl (C=O) groups is 2. The molecule has 1 aromatic rings. The molecular formula is C20H33N3O4S. The average molecular weight is 412 g/mol. The first-order valence-corrected chi connectivity index (χ1v) is 11.1. The summed E-state index contributed by atoms with van der Waals surface area (Å²) < 4.78 is 27.2. The van der Waals surface area contributed by atoms with Gasteiger partial charge in [-0.2, -0.15) is 4.31 Å². The average Bonchev–Trinajstić information content (AvgIpc) is 2.62. The number of carbonyl (C=O) groups excluding carboxylic acids is 2. The molecule has 0 aliphatic carbocycles. The van der Waals surface area contributed by atoms with Gasteiger partial charge in [0.2, 0.25) is 21.8 Å². The molecule has 0 saturated heterocycles. The van der Waals surface area contributed by atoms with Crippen LogP contribution in [0.2, 0.25) is 0 Å². The topological polar surface area (TPSA) is 95.6 Å². The Morgan fingerprint density at radius 3 is 1.79 bits per heavy atom. The van der Waals surface area contributed by atoms with Crippen LogP contribution in [0, 0.1) is 13.8 Å². The normalized spacial score (nSPS) is 13.8. The molecule has 0 heterocycles. The van der Waals surface area contributed by atoms with Gasteiger partial charge in [-0.15, -0.1) is 0 Å². The number of hydrogen-bond donors (Lipinski definition) is 2. The summed E-state index contributed by atoms with van der Waals surface area (Å²) in [5.74, 6) is -0.865. The minimum Gasteiger partial charge on any atom is -0.353 e. The number of rotatable bonds is 10. The van der Waals surface area contributed by atoms with Crippen LogP contribution in [0.3, 0.4) is 0 Å². The molecule has 0 aromatic heterocycles. The van der Waals surface area contributed by atoms with Crippen LogP contribution in [0.5, 0.6) is 0 Å². The minimum absolute atomic E-state index is 0.0725. The van der Waals surface area contributed by atoms with Crippen molar-refractivity contribution in [3.05, 3.63) is 29.3 Å². The molecule has 0 unspecified atom stereocenters. The number of amides is 2. The molecule has 0 aliphatic rings. The second-order valence-electron chi connectivity index (χ2n) is 7.27. The SMILES string of the molecule is CC[C@@H](C)NC(=O)CN(CC(=O)N[C@@H](C)CC)S(=O)(=O)c1ccc(C)c(C)c1. The maximum Gasteiger partial charge on any atom is 0.244 e. The monoisotopic (exact) mass is 411 g/mol. The van der Waals surface area contributed by atoms with Crippen molar-refractivity contribution in [3.63, 3.8) is 0 Å². The van der Waals surface area contributed by atoms with E-state index >= 15 is 0 Å². The quantitative estimate of drug-likeness (QED) is 0.616. The maximum absolute atomic E-state index is 13.1. The van der Waals surface area contributed by atoms with E-state index in [0.717, 1.165) is 28.3 Å². The molecule has 8 heteroatoms. The van der Waals surface area contributed by atoms with Gasteiger partial charge in [0, 0.05) is 12.1 Å². The van der Waals surface area contributed by atoms with Crippen molar-refractivity contribution in [2.45, 2.75) is 71.4 Å². The zero-order valence-electron chi connectivity index (χ0n) is 17.7. The van der Waals surface area contributed by atoms with E-state index in [0.29, 0.717) is 0 Å². The summed E-state index contributed by atoms with van der Waals surface area (Å²) in [5, 5.41) is 5.51. The predicted octanol–water partition coefficient (Wildman–Crippen LogP) is 2.12. The van der Waals surface area contributed by atoms with Crippen molar-refractivity contribution >= 4 is 21.8 Å². The molecule has 158 valence electrons. The summed E-state index contributed by atoms with van der Waals surface area (Å²) >= 11 is 0. The Balaban J connectivity index is 3.14. The van der Waals surface area contributed by atoms with Gasteiger partial charge < -0.3 is 10.6 Å². The largest absolute Gasteiger partial charge is 0.353 e. The molecular weight excluding hydrogens is 378 g/mol. The summed E-state index contributed by atoms with van der Waals surface area (Å²) in [4.78, 5) is 24.7. The first-order chi connectivity index (χ1) is 13.0. The zero-order valence-corrected chi connectivity index (χ0v) is 18.5. The Hall–Kier alpha value is -1.93. The van der Waals surface area contributed by atoms with Crippen molar-refractivity contribution in [3.8, 4) is 0 Å². The highest BCUT2D eigenvalue weighted by atomic mass is 32.2. The smallest absolute Gasteiger partial charge is 0.244 e. The fourth-order valence-corrected chi connectivity index (χ4v) is 3.85. The second kappa shape index (κ2) is 10.6. The molecule has 1 aromatic carbocycles. The molecule has 0 bridgehead atoms. The third kappa shape index (κ3) is 6.91. The molecule has 2 N–H and O–H groups in total. The Kier molecular flexibility index (Phi) is 9.10. The van der Waals surface area contributed by atoms with Crippen LogP contribution < -0.4 is 10.6 Å². The van der Waals surface area contributed by atoms with Crippen molar-refractivity contribution < 1.29 is 18.0 Å². The van der Waals surface area contributed by atoms with Crippen molar-refractivity contribution in [1.82, 2.24) is 14.9 Å². The molecule has 7 nitrogen and oxygen atoms in total. The van der Waals surface area contributed by atoms with Crippen molar-refractivity contribution in [2.75, 3.05) is 13.1 Å². The van der Waals surface area contributed by atoms with Crippen LogP contribution in [-0.4, -0.2) is 49.7 Å². The number of sulfonamides is 1. The highest BCUT2D eigenvalue weighted by Gasteiger charge is 2.29. The summed E-state index contributed by atoms with van der Waals surface area (Å²) in [5.41, 5.74) is 1.80. The van der Waals surface area contributed by atoms with Crippen LogP contribution in [-0.2, 0) is 19.6 Å². The van der Waals surface area contributed by atoms with Gasteiger partial charge in [0.25, 0.3) is 0 Å². The van der Waals surface area contributed by atoms with Crippen LogP contribution in [0.15, 0.2) is 23.1 Å². The summed E-state index contributed by atoms with van der Waals surface area (Å²) in [6, 6.07) is 4.64. The van der Waals surface area contributed by atoms with Crippen LogP contribution in [0.1, 0.15) is 51.7 Å². The Labute approximate surface area is 168 Å². The number of aryl methyl sites for hydroxylation is 2. The molecule has 0 saturated carbocycles. The molecule has 0 radical (unpaired) electrons. The molecule has 0 spiro atoms. The predicted molar refractivity (Wildman–Crippen MR) is 110 cm³/mol. The van der Waals surface area contributed by atoms with Gasteiger partial charge in [-0.1, -0.05) is 19.9 Å². The molecule has 0 fully saturated rings. The van der Waals surface area contributed by atoms with Crippen molar-refractivity contribution in [2.24, 2.45) is 0 Å². The third-order valence-corrected chi connectivity index (χ3v) is 6.58. The van der Waals surface area contributed by atoms with E-state index in [9.17, 15) is 18.0 Å². The number of nitrogens with one attached hydrogen (secondary N) is 2. The number of benzene rings is 1. The van der Waals surface area contributed by atoms with E-state index in [2.05, 4.69) is 10.6 Å². The summed E-state index contributed by atoms with van der Waals surface area (Å²) in [7, 11) is -4.00. The lowest BCUT2D eigenvalue weighted by Crippen LogP contribution is -2.48. The van der Waals surface area contributed by atoms with E-state index in [1.54, 1.807) is 12.1 Å². The van der Waals surface area contributed by atoms with Gasteiger partial charge >= 0.3 is 0 Å². The fraction of sp³-hybridized carbons (Fsp3) is 0.600. The molecule has 0 aliphatic heterocycles. The Bertz CT molecular complexity index is 767. The van der Waals surface area contributed by atoms with Crippen molar-refractivity contribution in [1.29, 1.82) is 0 Å². The van der Waals surface area contributed by atoms with Gasteiger partial charge in [-0.05, 0) is 63.8 Å². The van der Waals surface area contributed by atoms with Gasteiger partial charge in [0.1, 0.15) is 0 Å². The highest BCUT2D eigenvalue weighted by Crippen LogP contribution is 2.19.